The molecule has 0 spiro atoms. The molecule has 1 unspecified atom stereocenters. The summed E-state index contributed by atoms with van der Waals surface area (Å²) in [4.78, 5) is 20.2. The van der Waals surface area contributed by atoms with Gasteiger partial charge in [-0.1, -0.05) is 12.1 Å². The largest absolute Gasteiger partial charge is 0.325 e. The van der Waals surface area contributed by atoms with Crippen molar-refractivity contribution in [2.24, 2.45) is 10.7 Å². The number of aliphatic imine (C=N–C) groups is 1. The molecular formula is C18H22N4OS. The van der Waals surface area contributed by atoms with E-state index in [9.17, 15) is 4.79 Å². The summed E-state index contributed by atoms with van der Waals surface area (Å²) in [5.74, 6) is 0.236. The Morgan fingerprint density at radius 2 is 1.88 bits per heavy atom. The van der Waals surface area contributed by atoms with Crippen molar-refractivity contribution < 1.29 is 4.79 Å². The number of carbonyl (C=O) groups is 1. The van der Waals surface area contributed by atoms with Gasteiger partial charge in [0, 0.05) is 17.1 Å². The summed E-state index contributed by atoms with van der Waals surface area (Å²) in [6.07, 6.45) is -0.242. The van der Waals surface area contributed by atoms with Crippen LogP contribution in [0, 0.1) is 13.8 Å². The van der Waals surface area contributed by atoms with Gasteiger partial charge in [-0.3, -0.25) is 14.8 Å². The van der Waals surface area contributed by atoms with E-state index in [2.05, 4.69) is 27.4 Å². The van der Waals surface area contributed by atoms with Crippen molar-refractivity contribution in [3.63, 3.8) is 0 Å². The number of aromatic nitrogens is 1. The molecule has 1 atom stereocenters. The Hall–Kier alpha value is -2.18. The quantitative estimate of drug-likeness (QED) is 0.623. The smallest absolute Gasteiger partial charge is 0.234 e. The molecule has 0 aliphatic rings. The third-order valence-corrected chi connectivity index (χ3v) is 3.87. The van der Waals surface area contributed by atoms with Gasteiger partial charge in [0.1, 0.15) is 0 Å². The minimum atomic E-state index is -0.242. The molecule has 0 bridgehead atoms. The fourth-order valence-electron chi connectivity index (χ4n) is 2.20. The summed E-state index contributed by atoms with van der Waals surface area (Å²) in [5, 5.41) is 2.87. The second kappa shape index (κ2) is 8.61. The van der Waals surface area contributed by atoms with Crippen molar-refractivity contribution in [1.82, 2.24) is 4.98 Å². The lowest BCUT2D eigenvalue weighted by atomic mass is 10.0. The van der Waals surface area contributed by atoms with E-state index in [-0.39, 0.29) is 12.1 Å². The van der Waals surface area contributed by atoms with Gasteiger partial charge in [-0.05, 0) is 56.2 Å². The molecule has 2 rings (SSSR count). The Bertz CT molecular complexity index is 706. The third kappa shape index (κ3) is 5.79. The fourth-order valence-corrected chi connectivity index (χ4v) is 2.77. The number of anilines is 1. The number of amides is 1. The number of nitrogens with zero attached hydrogens (tertiary/aromatic N) is 2. The molecule has 126 valence electrons. The number of carbonyl (C=O) groups excluding carboxylic acids is 1. The van der Waals surface area contributed by atoms with Crippen LogP contribution in [0.1, 0.15) is 18.3 Å². The first-order valence-electron chi connectivity index (χ1n) is 7.68. The van der Waals surface area contributed by atoms with Crippen LogP contribution in [0.4, 0.5) is 5.69 Å². The van der Waals surface area contributed by atoms with Gasteiger partial charge >= 0.3 is 0 Å². The van der Waals surface area contributed by atoms with E-state index in [1.54, 1.807) is 12.5 Å². The SMILES string of the molecule is Cc1cc(-c2ccc(NC(=O)CSC=NC(C)N)cc2)cc(C)n1. The van der Waals surface area contributed by atoms with E-state index in [4.69, 9.17) is 5.73 Å². The van der Waals surface area contributed by atoms with E-state index in [1.165, 1.54) is 11.8 Å². The zero-order chi connectivity index (χ0) is 17.5. The Labute approximate surface area is 146 Å². The second-order valence-corrected chi connectivity index (χ2v) is 6.40. The minimum Gasteiger partial charge on any atom is -0.325 e. The van der Waals surface area contributed by atoms with Gasteiger partial charge in [0.2, 0.25) is 5.91 Å². The molecule has 0 saturated carbocycles. The molecule has 2 aromatic rings. The molecule has 1 heterocycles. The van der Waals surface area contributed by atoms with Crippen LogP contribution in [0.2, 0.25) is 0 Å². The van der Waals surface area contributed by atoms with Crippen LogP contribution in [-0.4, -0.2) is 28.4 Å². The van der Waals surface area contributed by atoms with Crippen LogP contribution in [0.5, 0.6) is 0 Å². The van der Waals surface area contributed by atoms with Gasteiger partial charge in [0.25, 0.3) is 0 Å². The number of hydrogen-bond donors (Lipinski definition) is 2. The third-order valence-electron chi connectivity index (χ3n) is 3.17. The summed E-state index contributed by atoms with van der Waals surface area (Å²) in [5.41, 5.74) is 12.1. The highest BCUT2D eigenvalue weighted by atomic mass is 32.2. The van der Waals surface area contributed by atoms with Crippen LogP contribution in [0.25, 0.3) is 11.1 Å². The van der Waals surface area contributed by atoms with Crippen LogP contribution in [0.3, 0.4) is 0 Å². The molecule has 0 aliphatic heterocycles. The number of aryl methyl sites for hydroxylation is 2. The average molecular weight is 342 g/mol. The lowest BCUT2D eigenvalue weighted by Gasteiger charge is -2.07. The van der Waals surface area contributed by atoms with Crippen molar-refractivity contribution in [2.75, 3.05) is 11.1 Å². The zero-order valence-electron chi connectivity index (χ0n) is 14.1. The molecular weight excluding hydrogens is 320 g/mol. The predicted molar refractivity (Wildman–Crippen MR) is 102 cm³/mol. The molecule has 24 heavy (non-hydrogen) atoms. The molecule has 1 aromatic carbocycles. The molecule has 1 amide bonds. The van der Waals surface area contributed by atoms with Gasteiger partial charge in [-0.25, -0.2) is 0 Å². The molecule has 0 radical (unpaired) electrons. The summed E-state index contributed by atoms with van der Waals surface area (Å²) >= 11 is 1.32. The van der Waals surface area contributed by atoms with Crippen molar-refractivity contribution in [3.8, 4) is 11.1 Å². The maximum atomic E-state index is 11.9. The van der Waals surface area contributed by atoms with E-state index in [0.717, 1.165) is 28.2 Å². The van der Waals surface area contributed by atoms with Gasteiger partial charge in [0.15, 0.2) is 0 Å². The van der Waals surface area contributed by atoms with Crippen LogP contribution in [-0.2, 0) is 4.79 Å². The highest BCUT2D eigenvalue weighted by molar-refractivity contribution is 8.12. The maximum absolute atomic E-state index is 11.9. The van der Waals surface area contributed by atoms with Crippen molar-refractivity contribution in [2.45, 2.75) is 26.9 Å². The number of pyridine rings is 1. The fraction of sp³-hybridized carbons (Fsp3) is 0.278. The molecule has 0 saturated heterocycles. The first-order valence-corrected chi connectivity index (χ1v) is 8.73. The first kappa shape index (κ1) is 18.2. The van der Waals surface area contributed by atoms with E-state index >= 15 is 0 Å². The van der Waals surface area contributed by atoms with Crippen LogP contribution >= 0.6 is 11.8 Å². The van der Waals surface area contributed by atoms with Crippen LogP contribution in [0.15, 0.2) is 41.4 Å². The molecule has 1 aromatic heterocycles. The highest BCUT2D eigenvalue weighted by Gasteiger charge is 2.04. The summed E-state index contributed by atoms with van der Waals surface area (Å²) in [7, 11) is 0. The lowest BCUT2D eigenvalue weighted by Crippen LogP contribution is -2.14. The zero-order valence-corrected chi connectivity index (χ0v) is 14.9. The number of benzene rings is 1. The monoisotopic (exact) mass is 342 g/mol. The predicted octanol–water partition coefficient (Wildman–Crippen LogP) is 3.37. The average Bonchev–Trinajstić information content (AvgIpc) is 2.51. The van der Waals surface area contributed by atoms with E-state index in [1.807, 2.05) is 38.1 Å². The number of nitrogens with one attached hydrogen (secondary N) is 1. The van der Waals surface area contributed by atoms with E-state index in [0.29, 0.717) is 5.75 Å². The van der Waals surface area contributed by atoms with Crippen molar-refractivity contribution in [1.29, 1.82) is 0 Å². The Balaban J connectivity index is 1.95. The molecule has 5 nitrogen and oxygen atoms in total. The Morgan fingerprint density at radius 3 is 2.46 bits per heavy atom. The molecule has 6 heteroatoms. The van der Waals surface area contributed by atoms with Gasteiger partial charge in [-0.15, -0.1) is 11.8 Å². The first-order chi connectivity index (χ1) is 11.4. The summed E-state index contributed by atoms with van der Waals surface area (Å²) in [6.45, 7) is 5.75. The lowest BCUT2D eigenvalue weighted by molar-refractivity contribution is -0.113. The number of rotatable bonds is 6. The normalized spacial score (nSPS) is 12.3. The van der Waals surface area contributed by atoms with Crippen molar-refractivity contribution >= 4 is 28.9 Å². The molecule has 0 aliphatic carbocycles. The standard InChI is InChI=1S/C18H22N4OS/c1-12-8-16(9-13(2)21-12)15-4-6-17(7-5-15)22-18(23)10-24-11-20-14(3)19/h4-9,11,14H,10,19H2,1-3H3,(H,22,23). The topological polar surface area (TPSA) is 80.4 Å². The molecule has 0 fully saturated rings. The van der Waals surface area contributed by atoms with Crippen LogP contribution < -0.4 is 11.1 Å². The van der Waals surface area contributed by atoms with Gasteiger partial charge < -0.3 is 11.1 Å². The highest BCUT2D eigenvalue weighted by Crippen LogP contribution is 2.22. The maximum Gasteiger partial charge on any atom is 0.234 e. The van der Waals surface area contributed by atoms with Gasteiger partial charge in [0.05, 0.1) is 17.5 Å². The summed E-state index contributed by atoms with van der Waals surface area (Å²) in [6, 6.07) is 11.9. The number of hydrogen-bond acceptors (Lipinski definition) is 5. The second-order valence-electron chi connectivity index (χ2n) is 5.57. The minimum absolute atomic E-state index is 0.0699. The number of thioether (sulfide) groups is 1. The van der Waals surface area contributed by atoms with E-state index < -0.39 is 0 Å². The summed E-state index contributed by atoms with van der Waals surface area (Å²) < 4.78 is 0. The Morgan fingerprint density at radius 1 is 1.25 bits per heavy atom. The van der Waals surface area contributed by atoms with Gasteiger partial charge in [-0.2, -0.15) is 0 Å². The number of nitrogens with two attached hydrogens (primary N) is 1. The van der Waals surface area contributed by atoms with Crippen molar-refractivity contribution in [3.05, 3.63) is 47.8 Å². The molecule has 3 N–H and O–H groups in total. The Kier molecular flexibility index (Phi) is 6.52.